The van der Waals surface area contributed by atoms with Gasteiger partial charge in [-0.1, -0.05) is 24.6 Å². The van der Waals surface area contributed by atoms with Crippen LogP contribution in [0.25, 0.3) is 0 Å². The maximum absolute atomic E-state index is 11.8. The molecule has 0 atom stereocenters. The van der Waals surface area contributed by atoms with Gasteiger partial charge in [-0.3, -0.25) is 4.79 Å². The predicted molar refractivity (Wildman–Crippen MR) is 58.3 cm³/mol. The van der Waals surface area contributed by atoms with Gasteiger partial charge in [0.25, 0.3) is 0 Å². The van der Waals surface area contributed by atoms with E-state index in [0.717, 1.165) is 24.1 Å². The number of rotatable bonds is 3. The second-order valence-corrected chi connectivity index (χ2v) is 3.87. The Bertz CT molecular complexity index is 325. The number of nitrogens with zero attached hydrogens (tertiary/aromatic N) is 1. The lowest BCUT2D eigenvalue weighted by Crippen LogP contribution is -2.28. The van der Waals surface area contributed by atoms with Crippen molar-refractivity contribution in [1.29, 1.82) is 0 Å². The molecule has 0 aliphatic rings. The third-order valence-corrected chi connectivity index (χ3v) is 2.38. The van der Waals surface area contributed by atoms with Crippen LogP contribution in [0.5, 0.6) is 0 Å². The molecule has 0 saturated carbocycles. The second kappa shape index (κ2) is 4.96. The second-order valence-electron chi connectivity index (χ2n) is 3.33. The zero-order valence-corrected chi connectivity index (χ0v) is 9.58. The van der Waals surface area contributed by atoms with Gasteiger partial charge < -0.3 is 4.57 Å². The maximum Gasteiger partial charge on any atom is 0.245 e. The van der Waals surface area contributed by atoms with Gasteiger partial charge >= 0.3 is 0 Å². The van der Waals surface area contributed by atoms with Crippen molar-refractivity contribution in [3.63, 3.8) is 0 Å². The molecule has 0 N–H and O–H groups in total. The fourth-order valence-corrected chi connectivity index (χ4v) is 1.61. The Hall–Kier alpha value is -1.09. The third kappa shape index (κ3) is 2.70. The van der Waals surface area contributed by atoms with Gasteiger partial charge in [-0.25, -0.2) is 0 Å². The Kier molecular flexibility index (Phi) is 3.89. The monoisotopic (exact) mass is 204 g/mol. The average Bonchev–Trinajstić information content (AvgIpc) is 2.17. The standard InChI is InChI=1S/C11H14NOSi/c1-3-7-12(14)11(13)10-6-4-5-9(2)8-10/h4-6,8H,3,7H2,1-2H3. The van der Waals surface area contributed by atoms with E-state index in [9.17, 15) is 4.79 Å². The minimum absolute atomic E-state index is 0.0206. The number of amides is 1. The molecular formula is C11H14NOSi. The van der Waals surface area contributed by atoms with Gasteiger partial charge in [0.1, 0.15) is 0 Å². The first-order chi connectivity index (χ1) is 6.65. The Balaban J connectivity index is 2.78. The molecule has 0 aliphatic carbocycles. The first-order valence-corrected chi connectivity index (χ1v) is 5.19. The number of hydrogen-bond acceptors (Lipinski definition) is 1. The van der Waals surface area contributed by atoms with Crippen LogP contribution in [0.4, 0.5) is 0 Å². The van der Waals surface area contributed by atoms with Crippen molar-refractivity contribution in [3.8, 4) is 0 Å². The van der Waals surface area contributed by atoms with E-state index in [1.54, 1.807) is 4.57 Å². The van der Waals surface area contributed by atoms with Crippen LogP contribution in [0.15, 0.2) is 24.3 Å². The molecule has 73 valence electrons. The van der Waals surface area contributed by atoms with Crippen molar-refractivity contribution in [3.05, 3.63) is 35.4 Å². The summed E-state index contributed by atoms with van der Waals surface area (Å²) in [6.45, 7) is 4.74. The van der Waals surface area contributed by atoms with Crippen molar-refractivity contribution in [2.24, 2.45) is 0 Å². The van der Waals surface area contributed by atoms with Crippen LogP contribution in [0, 0.1) is 6.92 Å². The summed E-state index contributed by atoms with van der Waals surface area (Å²) < 4.78 is 1.56. The molecule has 0 heterocycles. The molecule has 1 amide bonds. The van der Waals surface area contributed by atoms with E-state index in [0.29, 0.717) is 0 Å². The van der Waals surface area contributed by atoms with Crippen molar-refractivity contribution >= 4 is 16.3 Å². The fourth-order valence-electron chi connectivity index (χ4n) is 1.26. The maximum atomic E-state index is 11.8. The van der Waals surface area contributed by atoms with Crippen molar-refractivity contribution in [2.75, 3.05) is 6.54 Å². The molecule has 1 aromatic rings. The lowest BCUT2D eigenvalue weighted by atomic mass is 10.1. The molecular weight excluding hydrogens is 190 g/mol. The highest BCUT2D eigenvalue weighted by molar-refractivity contribution is 6.18. The van der Waals surface area contributed by atoms with Crippen LogP contribution in [0.3, 0.4) is 0 Å². The van der Waals surface area contributed by atoms with Gasteiger partial charge in [-0.2, -0.15) is 0 Å². The summed E-state index contributed by atoms with van der Waals surface area (Å²) in [5, 5.41) is 0. The van der Waals surface area contributed by atoms with Crippen LogP contribution < -0.4 is 0 Å². The molecule has 3 radical (unpaired) electrons. The number of carbonyl (C=O) groups is 1. The summed E-state index contributed by atoms with van der Waals surface area (Å²) in [7, 11) is 3.30. The van der Waals surface area contributed by atoms with Crippen molar-refractivity contribution in [1.82, 2.24) is 4.57 Å². The van der Waals surface area contributed by atoms with Crippen LogP contribution in [0.1, 0.15) is 29.3 Å². The van der Waals surface area contributed by atoms with E-state index in [2.05, 4.69) is 10.4 Å². The largest absolute Gasteiger partial charge is 0.367 e. The molecule has 0 aliphatic heterocycles. The smallest absolute Gasteiger partial charge is 0.245 e. The van der Waals surface area contributed by atoms with E-state index in [1.807, 2.05) is 38.1 Å². The van der Waals surface area contributed by atoms with E-state index in [4.69, 9.17) is 0 Å². The summed E-state index contributed by atoms with van der Waals surface area (Å²) >= 11 is 0. The van der Waals surface area contributed by atoms with Gasteiger partial charge in [0, 0.05) is 12.1 Å². The Morgan fingerprint density at radius 3 is 2.79 bits per heavy atom. The minimum atomic E-state index is 0.0206. The Morgan fingerprint density at radius 2 is 2.21 bits per heavy atom. The highest BCUT2D eigenvalue weighted by Gasteiger charge is 2.09. The van der Waals surface area contributed by atoms with Gasteiger partial charge in [0.15, 0.2) is 10.4 Å². The molecule has 2 nitrogen and oxygen atoms in total. The quantitative estimate of drug-likeness (QED) is 0.689. The molecule has 0 unspecified atom stereocenters. The van der Waals surface area contributed by atoms with Gasteiger partial charge in [0.2, 0.25) is 5.91 Å². The van der Waals surface area contributed by atoms with Gasteiger partial charge in [0.05, 0.1) is 0 Å². The molecule has 14 heavy (non-hydrogen) atoms. The van der Waals surface area contributed by atoms with E-state index in [-0.39, 0.29) is 5.91 Å². The van der Waals surface area contributed by atoms with Crippen LogP contribution in [0.2, 0.25) is 0 Å². The summed E-state index contributed by atoms with van der Waals surface area (Å²) in [4.78, 5) is 11.8. The fraction of sp³-hybridized carbons (Fsp3) is 0.364. The van der Waals surface area contributed by atoms with Crippen molar-refractivity contribution < 1.29 is 4.79 Å². The zero-order valence-electron chi connectivity index (χ0n) is 8.58. The molecule has 0 spiro atoms. The Labute approximate surface area is 88.4 Å². The average molecular weight is 204 g/mol. The van der Waals surface area contributed by atoms with Gasteiger partial charge in [-0.15, -0.1) is 0 Å². The predicted octanol–water partition coefficient (Wildman–Crippen LogP) is 1.93. The zero-order chi connectivity index (χ0) is 10.6. The highest BCUT2D eigenvalue weighted by Crippen LogP contribution is 2.06. The Morgan fingerprint density at radius 1 is 1.50 bits per heavy atom. The molecule has 0 fully saturated rings. The van der Waals surface area contributed by atoms with E-state index in [1.165, 1.54) is 0 Å². The highest BCUT2D eigenvalue weighted by atomic mass is 28.2. The van der Waals surface area contributed by atoms with E-state index < -0.39 is 0 Å². The van der Waals surface area contributed by atoms with Crippen LogP contribution >= 0.6 is 0 Å². The minimum Gasteiger partial charge on any atom is -0.367 e. The summed E-state index contributed by atoms with van der Waals surface area (Å²) in [5.41, 5.74) is 1.83. The lowest BCUT2D eigenvalue weighted by Gasteiger charge is -2.15. The number of benzene rings is 1. The first kappa shape index (κ1) is 11.0. The molecule has 1 rings (SSSR count). The molecule has 1 aromatic carbocycles. The summed E-state index contributed by atoms with van der Waals surface area (Å²) in [6, 6.07) is 7.60. The normalized spacial score (nSPS) is 9.93. The molecule has 0 aromatic heterocycles. The SMILES string of the molecule is CCCN([Si])C(=O)c1cccc(C)c1. The third-order valence-electron chi connectivity index (χ3n) is 1.96. The number of hydrogen-bond donors (Lipinski definition) is 0. The molecule has 0 bridgehead atoms. The lowest BCUT2D eigenvalue weighted by molar-refractivity contribution is 0.0862. The number of aryl methyl sites for hydroxylation is 1. The molecule has 3 heteroatoms. The van der Waals surface area contributed by atoms with Crippen molar-refractivity contribution in [2.45, 2.75) is 20.3 Å². The van der Waals surface area contributed by atoms with Gasteiger partial charge in [-0.05, 0) is 25.5 Å². The topological polar surface area (TPSA) is 20.3 Å². The van der Waals surface area contributed by atoms with Crippen LogP contribution in [-0.2, 0) is 0 Å². The summed E-state index contributed by atoms with van der Waals surface area (Å²) in [6.07, 6.45) is 0.945. The number of carbonyl (C=O) groups excluding carboxylic acids is 1. The van der Waals surface area contributed by atoms with Crippen LogP contribution in [-0.4, -0.2) is 27.4 Å². The van der Waals surface area contributed by atoms with E-state index >= 15 is 0 Å². The summed E-state index contributed by atoms with van der Waals surface area (Å²) in [5.74, 6) is 0.0206. The first-order valence-electron chi connectivity index (χ1n) is 4.75. The molecule has 0 saturated heterocycles.